The largest absolute Gasteiger partial charge is 0.462 e. The molecule has 1 aromatic carbocycles. The summed E-state index contributed by atoms with van der Waals surface area (Å²) in [5.41, 5.74) is 2.90. The minimum atomic E-state index is -0.216. The molecule has 0 fully saturated rings. The highest BCUT2D eigenvalue weighted by atomic mass is 16.5. The van der Waals surface area contributed by atoms with E-state index in [1.807, 2.05) is 38.1 Å². The zero-order chi connectivity index (χ0) is 14.4. The van der Waals surface area contributed by atoms with Gasteiger partial charge in [0.1, 0.15) is 0 Å². The summed E-state index contributed by atoms with van der Waals surface area (Å²) in [6.07, 6.45) is 1.98. The second-order valence-electron chi connectivity index (χ2n) is 5.39. The SMILES string of the molecule is CCOC(=O)c1ccc(N(C)C)cc1CCC(C)C. The lowest BCUT2D eigenvalue weighted by molar-refractivity contribution is 0.0525. The number of ether oxygens (including phenoxy) is 1. The molecule has 0 aromatic heterocycles. The summed E-state index contributed by atoms with van der Waals surface area (Å²) < 4.78 is 5.12. The summed E-state index contributed by atoms with van der Waals surface area (Å²) in [5.74, 6) is 0.407. The molecule has 0 bridgehead atoms. The van der Waals surface area contributed by atoms with Crippen molar-refractivity contribution in [1.29, 1.82) is 0 Å². The highest BCUT2D eigenvalue weighted by Crippen LogP contribution is 2.21. The highest BCUT2D eigenvalue weighted by Gasteiger charge is 2.14. The molecule has 0 atom stereocenters. The molecule has 0 heterocycles. The van der Waals surface area contributed by atoms with Gasteiger partial charge in [0.25, 0.3) is 0 Å². The van der Waals surface area contributed by atoms with Crippen LogP contribution >= 0.6 is 0 Å². The second kappa shape index (κ2) is 7.17. The van der Waals surface area contributed by atoms with Gasteiger partial charge in [0.2, 0.25) is 0 Å². The third-order valence-electron chi connectivity index (χ3n) is 3.09. The number of esters is 1. The van der Waals surface area contributed by atoms with Gasteiger partial charge in [-0.05, 0) is 49.4 Å². The summed E-state index contributed by atoms with van der Waals surface area (Å²) in [6, 6.07) is 5.93. The monoisotopic (exact) mass is 263 g/mol. The predicted molar refractivity (Wildman–Crippen MR) is 79.9 cm³/mol. The van der Waals surface area contributed by atoms with Crippen LogP contribution in [0.3, 0.4) is 0 Å². The van der Waals surface area contributed by atoms with Crippen LogP contribution in [0, 0.1) is 5.92 Å². The van der Waals surface area contributed by atoms with Gasteiger partial charge in [-0.2, -0.15) is 0 Å². The molecule has 0 aliphatic heterocycles. The Kier molecular flexibility index (Phi) is 5.87. The first-order valence-electron chi connectivity index (χ1n) is 6.93. The lowest BCUT2D eigenvalue weighted by atomic mass is 9.97. The molecule has 0 saturated carbocycles. The summed E-state index contributed by atoms with van der Waals surface area (Å²) in [4.78, 5) is 14.0. The van der Waals surface area contributed by atoms with Crippen LogP contribution in [0.5, 0.6) is 0 Å². The van der Waals surface area contributed by atoms with E-state index in [4.69, 9.17) is 4.74 Å². The van der Waals surface area contributed by atoms with Crippen LogP contribution in [0.25, 0.3) is 0 Å². The molecule has 0 unspecified atom stereocenters. The number of hydrogen-bond donors (Lipinski definition) is 0. The molecule has 0 amide bonds. The Morgan fingerprint density at radius 3 is 2.53 bits per heavy atom. The molecule has 0 saturated heterocycles. The molecule has 106 valence electrons. The van der Waals surface area contributed by atoms with E-state index in [1.165, 1.54) is 0 Å². The van der Waals surface area contributed by atoms with Gasteiger partial charge in [-0.1, -0.05) is 13.8 Å². The van der Waals surface area contributed by atoms with Crippen molar-refractivity contribution in [2.24, 2.45) is 5.92 Å². The molecule has 0 spiro atoms. The van der Waals surface area contributed by atoms with Crippen LogP contribution in [0.15, 0.2) is 18.2 Å². The van der Waals surface area contributed by atoms with Gasteiger partial charge in [-0.15, -0.1) is 0 Å². The molecule has 3 heteroatoms. The molecule has 19 heavy (non-hydrogen) atoms. The highest BCUT2D eigenvalue weighted by molar-refractivity contribution is 5.91. The van der Waals surface area contributed by atoms with Crippen molar-refractivity contribution < 1.29 is 9.53 Å². The van der Waals surface area contributed by atoms with Crippen LogP contribution in [-0.4, -0.2) is 26.7 Å². The van der Waals surface area contributed by atoms with E-state index in [0.29, 0.717) is 18.1 Å². The molecular formula is C16H25NO2. The lowest BCUT2D eigenvalue weighted by Gasteiger charge is -2.16. The minimum Gasteiger partial charge on any atom is -0.462 e. The third kappa shape index (κ3) is 4.58. The first-order valence-corrected chi connectivity index (χ1v) is 6.93. The summed E-state index contributed by atoms with van der Waals surface area (Å²) in [7, 11) is 4.01. The zero-order valence-electron chi connectivity index (χ0n) is 12.7. The Labute approximate surface area is 116 Å². The molecule has 1 rings (SSSR count). The number of anilines is 1. The summed E-state index contributed by atoms with van der Waals surface area (Å²) >= 11 is 0. The van der Waals surface area contributed by atoms with Crippen molar-refractivity contribution in [3.8, 4) is 0 Å². The fraction of sp³-hybridized carbons (Fsp3) is 0.562. The van der Waals surface area contributed by atoms with E-state index >= 15 is 0 Å². The van der Waals surface area contributed by atoms with Crippen molar-refractivity contribution in [3.63, 3.8) is 0 Å². The molecule has 0 N–H and O–H groups in total. The Morgan fingerprint density at radius 1 is 1.32 bits per heavy atom. The Balaban J connectivity index is 3.03. The van der Waals surface area contributed by atoms with Crippen molar-refractivity contribution >= 4 is 11.7 Å². The van der Waals surface area contributed by atoms with Gasteiger partial charge in [0.05, 0.1) is 12.2 Å². The average molecular weight is 263 g/mol. The summed E-state index contributed by atoms with van der Waals surface area (Å²) in [6.45, 7) is 6.64. The third-order valence-corrected chi connectivity index (χ3v) is 3.09. The van der Waals surface area contributed by atoms with Crippen molar-refractivity contribution in [3.05, 3.63) is 29.3 Å². The Bertz CT molecular complexity index is 425. The second-order valence-corrected chi connectivity index (χ2v) is 5.39. The normalized spacial score (nSPS) is 10.6. The van der Waals surface area contributed by atoms with E-state index in [2.05, 4.69) is 19.9 Å². The number of hydrogen-bond acceptors (Lipinski definition) is 3. The van der Waals surface area contributed by atoms with Crippen LogP contribution in [0.2, 0.25) is 0 Å². The smallest absolute Gasteiger partial charge is 0.338 e. The van der Waals surface area contributed by atoms with Gasteiger partial charge in [-0.3, -0.25) is 0 Å². The predicted octanol–water partition coefficient (Wildman–Crippen LogP) is 3.52. The number of rotatable bonds is 6. The van der Waals surface area contributed by atoms with E-state index in [9.17, 15) is 4.79 Å². The molecule has 1 aromatic rings. The van der Waals surface area contributed by atoms with Gasteiger partial charge >= 0.3 is 5.97 Å². The molecular weight excluding hydrogens is 238 g/mol. The van der Waals surface area contributed by atoms with Crippen LogP contribution in [-0.2, 0) is 11.2 Å². The Morgan fingerprint density at radius 2 is 2.00 bits per heavy atom. The van der Waals surface area contributed by atoms with E-state index in [0.717, 1.165) is 24.1 Å². The lowest BCUT2D eigenvalue weighted by Crippen LogP contribution is -2.13. The quantitative estimate of drug-likeness (QED) is 0.735. The molecule has 0 radical (unpaired) electrons. The standard InChI is InChI=1S/C16H25NO2/c1-6-19-16(18)15-10-9-14(17(4)5)11-13(15)8-7-12(2)3/h9-12H,6-8H2,1-5H3. The average Bonchev–Trinajstić information content (AvgIpc) is 2.36. The fourth-order valence-electron chi connectivity index (χ4n) is 1.92. The molecule has 3 nitrogen and oxygen atoms in total. The number of benzene rings is 1. The number of carbonyl (C=O) groups is 1. The van der Waals surface area contributed by atoms with Crippen molar-refractivity contribution in [2.75, 3.05) is 25.6 Å². The van der Waals surface area contributed by atoms with Gasteiger partial charge in [0, 0.05) is 19.8 Å². The van der Waals surface area contributed by atoms with E-state index in [1.54, 1.807) is 0 Å². The Hall–Kier alpha value is -1.51. The van der Waals surface area contributed by atoms with Gasteiger partial charge < -0.3 is 9.64 Å². The zero-order valence-corrected chi connectivity index (χ0v) is 12.7. The van der Waals surface area contributed by atoms with Gasteiger partial charge in [0.15, 0.2) is 0 Å². The topological polar surface area (TPSA) is 29.5 Å². The van der Waals surface area contributed by atoms with E-state index < -0.39 is 0 Å². The minimum absolute atomic E-state index is 0.216. The molecule has 0 aliphatic rings. The van der Waals surface area contributed by atoms with Crippen molar-refractivity contribution in [1.82, 2.24) is 0 Å². The van der Waals surface area contributed by atoms with Gasteiger partial charge in [-0.25, -0.2) is 4.79 Å². The van der Waals surface area contributed by atoms with Crippen molar-refractivity contribution in [2.45, 2.75) is 33.6 Å². The number of aryl methyl sites for hydroxylation is 1. The number of carbonyl (C=O) groups excluding carboxylic acids is 1. The summed E-state index contributed by atoms with van der Waals surface area (Å²) in [5, 5.41) is 0. The number of nitrogens with zero attached hydrogens (tertiary/aromatic N) is 1. The maximum absolute atomic E-state index is 12.0. The van der Waals surface area contributed by atoms with Crippen LogP contribution < -0.4 is 4.90 Å². The van der Waals surface area contributed by atoms with Crippen LogP contribution in [0.1, 0.15) is 43.1 Å². The van der Waals surface area contributed by atoms with E-state index in [-0.39, 0.29) is 5.97 Å². The fourth-order valence-corrected chi connectivity index (χ4v) is 1.92. The molecule has 0 aliphatic carbocycles. The first kappa shape index (κ1) is 15.5. The first-order chi connectivity index (χ1) is 8.95. The maximum Gasteiger partial charge on any atom is 0.338 e. The van der Waals surface area contributed by atoms with Crippen LogP contribution in [0.4, 0.5) is 5.69 Å². The maximum atomic E-state index is 12.0.